The molecule has 1 heterocycles. The SMILES string of the molecule is COc1ccc(CCNC(=O)c2ccccc2OCC(=O)N2CCCCCC2)cc1OC. The smallest absolute Gasteiger partial charge is 0.260 e. The van der Waals surface area contributed by atoms with Crippen molar-refractivity contribution in [2.45, 2.75) is 32.1 Å². The predicted octanol–water partition coefficient (Wildman–Crippen LogP) is 3.46. The van der Waals surface area contributed by atoms with Crippen LogP contribution in [0.4, 0.5) is 0 Å². The summed E-state index contributed by atoms with van der Waals surface area (Å²) in [5.41, 5.74) is 1.44. The van der Waals surface area contributed by atoms with Gasteiger partial charge in [-0.3, -0.25) is 9.59 Å². The number of hydrogen-bond donors (Lipinski definition) is 1. The fourth-order valence-corrected chi connectivity index (χ4v) is 3.78. The van der Waals surface area contributed by atoms with Gasteiger partial charge in [0.1, 0.15) is 5.75 Å². The average Bonchev–Trinajstić information content (AvgIpc) is 3.12. The molecular weight excluding hydrogens is 408 g/mol. The van der Waals surface area contributed by atoms with Crippen molar-refractivity contribution in [3.63, 3.8) is 0 Å². The summed E-state index contributed by atoms with van der Waals surface area (Å²) in [7, 11) is 3.19. The van der Waals surface area contributed by atoms with E-state index in [4.69, 9.17) is 14.2 Å². The van der Waals surface area contributed by atoms with Gasteiger partial charge < -0.3 is 24.4 Å². The van der Waals surface area contributed by atoms with Gasteiger partial charge in [0.05, 0.1) is 19.8 Å². The number of methoxy groups -OCH3 is 2. The van der Waals surface area contributed by atoms with Gasteiger partial charge in [0.25, 0.3) is 11.8 Å². The van der Waals surface area contributed by atoms with E-state index in [0.717, 1.165) is 44.3 Å². The zero-order valence-corrected chi connectivity index (χ0v) is 18.9. The molecule has 0 bridgehead atoms. The number of hydrogen-bond acceptors (Lipinski definition) is 5. The standard InChI is InChI=1S/C25H32N2O5/c1-30-22-12-11-19(17-23(22)31-2)13-14-26-25(29)20-9-5-6-10-21(20)32-18-24(28)27-15-7-3-4-8-16-27/h5-6,9-12,17H,3-4,7-8,13-16,18H2,1-2H3,(H,26,29). The Morgan fingerprint density at radius 3 is 2.34 bits per heavy atom. The third kappa shape index (κ3) is 6.39. The topological polar surface area (TPSA) is 77.1 Å². The summed E-state index contributed by atoms with van der Waals surface area (Å²) in [4.78, 5) is 27.1. The highest BCUT2D eigenvalue weighted by Crippen LogP contribution is 2.27. The fourth-order valence-electron chi connectivity index (χ4n) is 3.78. The van der Waals surface area contributed by atoms with Gasteiger partial charge in [-0.2, -0.15) is 0 Å². The van der Waals surface area contributed by atoms with Gasteiger partial charge in [-0.05, 0) is 49.1 Å². The van der Waals surface area contributed by atoms with Crippen LogP contribution in [-0.4, -0.2) is 57.2 Å². The quantitative estimate of drug-likeness (QED) is 0.646. The molecule has 2 amide bonds. The number of benzene rings is 2. The Labute approximate surface area is 189 Å². The largest absolute Gasteiger partial charge is 0.493 e. The van der Waals surface area contributed by atoms with Crippen molar-refractivity contribution in [3.05, 3.63) is 53.6 Å². The molecule has 1 aliphatic rings. The molecular formula is C25H32N2O5. The van der Waals surface area contributed by atoms with Crippen molar-refractivity contribution in [2.75, 3.05) is 40.5 Å². The van der Waals surface area contributed by atoms with Gasteiger partial charge in [0.15, 0.2) is 18.1 Å². The average molecular weight is 441 g/mol. The highest BCUT2D eigenvalue weighted by molar-refractivity contribution is 5.97. The maximum Gasteiger partial charge on any atom is 0.260 e. The highest BCUT2D eigenvalue weighted by Gasteiger charge is 2.18. The molecule has 2 aromatic carbocycles. The first-order valence-electron chi connectivity index (χ1n) is 11.1. The Hall–Kier alpha value is -3.22. The number of likely N-dealkylation sites (tertiary alicyclic amines) is 1. The van der Waals surface area contributed by atoms with Gasteiger partial charge in [-0.15, -0.1) is 0 Å². The zero-order chi connectivity index (χ0) is 22.8. The number of carbonyl (C=O) groups excluding carboxylic acids is 2. The summed E-state index contributed by atoms with van der Waals surface area (Å²) in [6.45, 7) is 1.95. The first-order valence-corrected chi connectivity index (χ1v) is 11.1. The minimum absolute atomic E-state index is 0.0319. The van der Waals surface area contributed by atoms with E-state index in [-0.39, 0.29) is 18.4 Å². The predicted molar refractivity (Wildman–Crippen MR) is 123 cm³/mol. The summed E-state index contributed by atoms with van der Waals surface area (Å²) in [6.07, 6.45) is 5.03. The summed E-state index contributed by atoms with van der Waals surface area (Å²) in [5, 5.41) is 2.93. The van der Waals surface area contributed by atoms with Crippen LogP contribution in [0.2, 0.25) is 0 Å². The lowest BCUT2D eigenvalue weighted by atomic mass is 10.1. The van der Waals surface area contributed by atoms with Crippen LogP contribution in [0.15, 0.2) is 42.5 Å². The van der Waals surface area contributed by atoms with Gasteiger partial charge in [-0.25, -0.2) is 0 Å². The van der Waals surface area contributed by atoms with Crippen molar-refractivity contribution in [1.29, 1.82) is 0 Å². The van der Waals surface area contributed by atoms with Crippen molar-refractivity contribution in [2.24, 2.45) is 0 Å². The number of rotatable bonds is 9. The van der Waals surface area contributed by atoms with Crippen LogP contribution in [0.5, 0.6) is 17.2 Å². The van der Waals surface area contributed by atoms with Crippen LogP contribution in [0.3, 0.4) is 0 Å². The summed E-state index contributed by atoms with van der Waals surface area (Å²) >= 11 is 0. The van der Waals surface area contributed by atoms with E-state index in [2.05, 4.69) is 5.32 Å². The summed E-state index contributed by atoms with van der Waals surface area (Å²) in [6, 6.07) is 12.7. The van der Waals surface area contributed by atoms with Crippen molar-refractivity contribution in [1.82, 2.24) is 10.2 Å². The second-order valence-electron chi connectivity index (χ2n) is 7.78. The first-order chi connectivity index (χ1) is 15.6. The Morgan fingerprint density at radius 1 is 0.906 bits per heavy atom. The van der Waals surface area contributed by atoms with Crippen LogP contribution >= 0.6 is 0 Å². The molecule has 0 spiro atoms. The van der Waals surface area contributed by atoms with Crippen molar-refractivity contribution < 1.29 is 23.8 Å². The molecule has 0 aliphatic carbocycles. The number of para-hydroxylation sites is 1. The monoisotopic (exact) mass is 440 g/mol. The molecule has 3 rings (SSSR count). The number of nitrogens with one attached hydrogen (secondary N) is 1. The molecule has 32 heavy (non-hydrogen) atoms. The zero-order valence-electron chi connectivity index (χ0n) is 18.9. The lowest BCUT2D eigenvalue weighted by Crippen LogP contribution is -2.35. The summed E-state index contributed by atoms with van der Waals surface area (Å²) < 4.78 is 16.3. The fraction of sp³-hybridized carbons (Fsp3) is 0.440. The molecule has 0 aromatic heterocycles. The van der Waals surface area contributed by atoms with Crippen LogP contribution in [0, 0.1) is 0 Å². The minimum Gasteiger partial charge on any atom is -0.493 e. The molecule has 0 radical (unpaired) electrons. The maximum atomic E-state index is 12.7. The Morgan fingerprint density at radius 2 is 1.62 bits per heavy atom. The number of amides is 2. The number of ether oxygens (including phenoxy) is 3. The second-order valence-corrected chi connectivity index (χ2v) is 7.78. The molecule has 1 saturated heterocycles. The van der Waals surface area contributed by atoms with Crippen LogP contribution in [0.1, 0.15) is 41.6 Å². The lowest BCUT2D eigenvalue weighted by molar-refractivity contribution is -0.133. The second kappa shape index (κ2) is 12.0. The first kappa shape index (κ1) is 23.4. The van der Waals surface area contributed by atoms with E-state index in [0.29, 0.717) is 35.8 Å². The molecule has 7 heteroatoms. The number of carbonyl (C=O) groups is 2. The lowest BCUT2D eigenvalue weighted by Gasteiger charge is -2.20. The van der Waals surface area contributed by atoms with E-state index in [1.54, 1.807) is 38.5 Å². The molecule has 1 aliphatic heterocycles. The highest BCUT2D eigenvalue weighted by atomic mass is 16.5. The van der Waals surface area contributed by atoms with Gasteiger partial charge >= 0.3 is 0 Å². The van der Waals surface area contributed by atoms with Gasteiger partial charge in [0, 0.05) is 19.6 Å². The molecule has 0 atom stereocenters. The minimum atomic E-state index is -0.233. The van der Waals surface area contributed by atoms with Crippen LogP contribution in [0.25, 0.3) is 0 Å². The summed E-state index contributed by atoms with van der Waals surface area (Å²) in [5.74, 6) is 1.48. The van der Waals surface area contributed by atoms with E-state index in [1.807, 2.05) is 23.1 Å². The van der Waals surface area contributed by atoms with Gasteiger partial charge in [-0.1, -0.05) is 31.0 Å². The molecule has 2 aromatic rings. The van der Waals surface area contributed by atoms with E-state index < -0.39 is 0 Å². The third-order valence-corrected chi connectivity index (χ3v) is 5.59. The molecule has 7 nitrogen and oxygen atoms in total. The van der Waals surface area contributed by atoms with Crippen LogP contribution < -0.4 is 19.5 Å². The van der Waals surface area contributed by atoms with E-state index in [9.17, 15) is 9.59 Å². The van der Waals surface area contributed by atoms with Crippen molar-refractivity contribution in [3.8, 4) is 17.2 Å². The molecule has 1 fully saturated rings. The maximum absolute atomic E-state index is 12.7. The van der Waals surface area contributed by atoms with Crippen molar-refractivity contribution >= 4 is 11.8 Å². The molecule has 0 unspecified atom stereocenters. The molecule has 0 saturated carbocycles. The Balaban J connectivity index is 1.54. The normalized spacial score (nSPS) is 13.8. The molecule has 172 valence electrons. The van der Waals surface area contributed by atoms with Gasteiger partial charge in [0.2, 0.25) is 0 Å². The Kier molecular flexibility index (Phi) is 8.78. The van der Waals surface area contributed by atoms with E-state index in [1.165, 1.54) is 0 Å². The third-order valence-electron chi connectivity index (χ3n) is 5.59. The van der Waals surface area contributed by atoms with Crippen LogP contribution in [-0.2, 0) is 11.2 Å². The number of nitrogens with zero attached hydrogens (tertiary/aromatic N) is 1. The Bertz CT molecular complexity index is 907. The molecule has 1 N–H and O–H groups in total. The van der Waals surface area contributed by atoms with E-state index >= 15 is 0 Å².